The van der Waals surface area contributed by atoms with Crippen LogP contribution in [0.15, 0.2) is 28.6 Å². The van der Waals surface area contributed by atoms with E-state index in [1.165, 1.54) is 17.5 Å². The minimum absolute atomic E-state index is 0.0863. The molecular formula is C11H9Cl3N2O2S2. The predicted octanol–water partition coefficient (Wildman–Crippen LogP) is 3.92. The highest BCUT2D eigenvalue weighted by atomic mass is 35.5. The van der Waals surface area contributed by atoms with Crippen LogP contribution in [0.1, 0.15) is 5.56 Å². The Hall–Kier alpha value is -0.370. The molecule has 0 radical (unpaired) electrons. The Bertz CT molecular complexity index is 731. The maximum atomic E-state index is 12.3. The summed E-state index contributed by atoms with van der Waals surface area (Å²) in [4.78, 5) is 3.73. The highest BCUT2D eigenvalue weighted by molar-refractivity contribution is 7.91. The molecule has 0 unspecified atom stereocenters. The van der Waals surface area contributed by atoms with Crippen molar-refractivity contribution in [2.75, 3.05) is 7.05 Å². The quantitative estimate of drug-likeness (QED) is 0.818. The van der Waals surface area contributed by atoms with Crippen LogP contribution in [0.25, 0.3) is 0 Å². The van der Waals surface area contributed by atoms with E-state index >= 15 is 0 Å². The molecule has 2 aromatic rings. The number of aromatic nitrogens is 1. The third kappa shape index (κ3) is 3.27. The number of halogens is 3. The predicted molar refractivity (Wildman–Crippen MR) is 82.2 cm³/mol. The van der Waals surface area contributed by atoms with Crippen molar-refractivity contribution in [3.05, 3.63) is 44.5 Å². The molecule has 108 valence electrons. The van der Waals surface area contributed by atoms with Gasteiger partial charge in [-0.15, -0.1) is 0 Å². The van der Waals surface area contributed by atoms with Crippen LogP contribution >= 0.6 is 46.1 Å². The van der Waals surface area contributed by atoms with E-state index in [0.29, 0.717) is 15.6 Å². The zero-order valence-corrected chi connectivity index (χ0v) is 14.1. The molecule has 9 heteroatoms. The van der Waals surface area contributed by atoms with Gasteiger partial charge < -0.3 is 0 Å². The van der Waals surface area contributed by atoms with Crippen molar-refractivity contribution in [3.8, 4) is 0 Å². The Labute approximate surface area is 136 Å². The van der Waals surface area contributed by atoms with Crippen LogP contribution in [0.3, 0.4) is 0 Å². The minimum atomic E-state index is -3.64. The summed E-state index contributed by atoms with van der Waals surface area (Å²) >= 11 is 18.5. The van der Waals surface area contributed by atoms with Crippen molar-refractivity contribution in [1.82, 2.24) is 9.29 Å². The SMILES string of the molecule is CN(Cc1cccc(Cl)c1Cl)S(=O)(=O)c1cnc(Cl)s1. The van der Waals surface area contributed by atoms with E-state index in [0.717, 1.165) is 11.3 Å². The highest BCUT2D eigenvalue weighted by Gasteiger charge is 2.24. The summed E-state index contributed by atoms with van der Waals surface area (Å²) in [7, 11) is -2.18. The van der Waals surface area contributed by atoms with Crippen molar-refractivity contribution in [2.45, 2.75) is 10.8 Å². The second-order valence-corrected chi connectivity index (χ2v) is 8.58. The van der Waals surface area contributed by atoms with Gasteiger partial charge in [-0.25, -0.2) is 13.4 Å². The Balaban J connectivity index is 2.28. The van der Waals surface area contributed by atoms with Crippen LogP contribution in [0.2, 0.25) is 14.5 Å². The Morgan fingerprint density at radius 1 is 1.30 bits per heavy atom. The molecule has 2 rings (SSSR count). The van der Waals surface area contributed by atoms with Gasteiger partial charge in [0.05, 0.1) is 16.2 Å². The van der Waals surface area contributed by atoms with Gasteiger partial charge in [-0.05, 0) is 11.6 Å². The van der Waals surface area contributed by atoms with Gasteiger partial charge in [0, 0.05) is 13.6 Å². The first-order valence-corrected chi connectivity index (χ1v) is 8.72. The van der Waals surface area contributed by atoms with E-state index in [4.69, 9.17) is 34.8 Å². The smallest absolute Gasteiger partial charge is 0.232 e. The Kier molecular flexibility index (Phi) is 4.94. The fourth-order valence-corrected chi connectivity index (χ4v) is 4.54. The molecule has 0 amide bonds. The molecule has 0 aliphatic carbocycles. The maximum Gasteiger partial charge on any atom is 0.254 e. The summed E-state index contributed by atoms with van der Waals surface area (Å²) in [6, 6.07) is 5.08. The summed E-state index contributed by atoms with van der Waals surface area (Å²) in [5.41, 5.74) is 0.626. The number of hydrogen-bond acceptors (Lipinski definition) is 4. The second-order valence-electron chi connectivity index (χ2n) is 3.91. The molecule has 1 heterocycles. The van der Waals surface area contributed by atoms with E-state index in [1.54, 1.807) is 18.2 Å². The second kappa shape index (κ2) is 6.17. The Morgan fingerprint density at radius 3 is 2.60 bits per heavy atom. The maximum absolute atomic E-state index is 12.3. The fourth-order valence-electron chi connectivity index (χ4n) is 1.51. The first-order valence-electron chi connectivity index (χ1n) is 5.33. The first-order chi connectivity index (χ1) is 9.32. The van der Waals surface area contributed by atoms with Crippen LogP contribution in [0.4, 0.5) is 0 Å². The van der Waals surface area contributed by atoms with E-state index in [1.807, 2.05) is 0 Å². The zero-order valence-electron chi connectivity index (χ0n) is 10.2. The molecule has 0 atom stereocenters. The van der Waals surface area contributed by atoms with Gasteiger partial charge in [-0.1, -0.05) is 58.3 Å². The molecule has 0 saturated carbocycles. The molecule has 4 nitrogen and oxygen atoms in total. The number of thiazole rings is 1. The molecule has 0 bridgehead atoms. The molecule has 0 aliphatic heterocycles. The lowest BCUT2D eigenvalue weighted by atomic mass is 10.2. The number of rotatable bonds is 4. The van der Waals surface area contributed by atoms with Gasteiger partial charge in [0.15, 0.2) is 8.68 Å². The molecule has 1 aromatic heterocycles. The van der Waals surface area contributed by atoms with Crippen LogP contribution in [0.5, 0.6) is 0 Å². The van der Waals surface area contributed by atoms with Crippen LogP contribution < -0.4 is 0 Å². The lowest BCUT2D eigenvalue weighted by Crippen LogP contribution is -2.26. The average Bonchev–Trinajstić information content (AvgIpc) is 2.82. The van der Waals surface area contributed by atoms with Crippen LogP contribution in [-0.2, 0) is 16.6 Å². The third-order valence-corrected chi connectivity index (χ3v) is 6.76. The molecule has 0 saturated heterocycles. The van der Waals surface area contributed by atoms with E-state index < -0.39 is 10.0 Å². The van der Waals surface area contributed by atoms with E-state index in [-0.39, 0.29) is 15.2 Å². The van der Waals surface area contributed by atoms with Gasteiger partial charge >= 0.3 is 0 Å². The lowest BCUT2D eigenvalue weighted by molar-refractivity contribution is 0.468. The van der Waals surface area contributed by atoms with Crippen LogP contribution in [-0.4, -0.2) is 24.8 Å². The fraction of sp³-hybridized carbons (Fsp3) is 0.182. The Morgan fingerprint density at radius 2 is 2.00 bits per heavy atom. The topological polar surface area (TPSA) is 50.3 Å². The highest BCUT2D eigenvalue weighted by Crippen LogP contribution is 2.29. The summed E-state index contributed by atoms with van der Waals surface area (Å²) in [5.74, 6) is 0. The summed E-state index contributed by atoms with van der Waals surface area (Å²) in [6.07, 6.45) is 1.23. The van der Waals surface area contributed by atoms with E-state index in [2.05, 4.69) is 4.98 Å². The number of nitrogens with zero attached hydrogens (tertiary/aromatic N) is 2. The molecule has 0 aliphatic rings. The normalized spacial score (nSPS) is 12.1. The number of benzene rings is 1. The van der Waals surface area contributed by atoms with Crippen molar-refractivity contribution >= 4 is 56.2 Å². The van der Waals surface area contributed by atoms with Crippen LogP contribution in [0, 0.1) is 0 Å². The number of hydrogen-bond donors (Lipinski definition) is 0. The largest absolute Gasteiger partial charge is 0.254 e. The zero-order chi connectivity index (χ0) is 14.9. The summed E-state index contributed by atoms with van der Waals surface area (Å²) < 4.78 is 26.1. The van der Waals surface area contributed by atoms with E-state index in [9.17, 15) is 8.42 Å². The lowest BCUT2D eigenvalue weighted by Gasteiger charge is -2.16. The third-order valence-electron chi connectivity index (χ3n) is 2.55. The van der Waals surface area contributed by atoms with Crippen molar-refractivity contribution < 1.29 is 8.42 Å². The van der Waals surface area contributed by atoms with Crippen molar-refractivity contribution in [1.29, 1.82) is 0 Å². The molecule has 20 heavy (non-hydrogen) atoms. The summed E-state index contributed by atoms with van der Waals surface area (Å²) in [5, 5.41) is 0.731. The molecule has 0 fully saturated rings. The molecule has 0 spiro atoms. The van der Waals surface area contributed by atoms with Gasteiger partial charge in [0.25, 0.3) is 10.0 Å². The van der Waals surface area contributed by atoms with Gasteiger partial charge in [0.2, 0.25) is 0 Å². The van der Waals surface area contributed by atoms with Gasteiger partial charge in [-0.3, -0.25) is 0 Å². The van der Waals surface area contributed by atoms with Gasteiger partial charge in [-0.2, -0.15) is 4.31 Å². The molecule has 0 N–H and O–H groups in total. The van der Waals surface area contributed by atoms with Crippen molar-refractivity contribution in [3.63, 3.8) is 0 Å². The standard InChI is InChI=1S/C11H9Cl3N2O2S2/c1-16(6-7-3-2-4-8(12)10(7)13)20(17,18)9-5-15-11(14)19-9/h2-5H,6H2,1H3. The monoisotopic (exact) mass is 370 g/mol. The first kappa shape index (κ1) is 16.0. The molecular weight excluding hydrogens is 363 g/mol. The van der Waals surface area contributed by atoms with Crippen molar-refractivity contribution in [2.24, 2.45) is 0 Å². The minimum Gasteiger partial charge on any atom is -0.232 e. The number of sulfonamides is 1. The summed E-state index contributed by atoms with van der Waals surface area (Å²) in [6.45, 7) is 0.108. The average molecular weight is 372 g/mol. The molecule has 1 aromatic carbocycles. The van der Waals surface area contributed by atoms with Gasteiger partial charge in [0.1, 0.15) is 0 Å².